The molecular weight excluding hydrogens is 240 g/mol. The maximum absolute atomic E-state index is 3.59. The van der Waals surface area contributed by atoms with Crippen LogP contribution in [0.2, 0.25) is 0 Å². The summed E-state index contributed by atoms with van der Waals surface area (Å²) < 4.78 is 0. The molecular formula is C15H26N2S. The quantitative estimate of drug-likeness (QED) is 0.880. The van der Waals surface area contributed by atoms with E-state index in [2.05, 4.69) is 42.4 Å². The van der Waals surface area contributed by atoms with Crippen LogP contribution < -0.4 is 5.32 Å². The lowest BCUT2D eigenvalue weighted by atomic mass is 9.98. The van der Waals surface area contributed by atoms with Crippen molar-refractivity contribution >= 4 is 11.3 Å². The third kappa shape index (κ3) is 3.34. The Morgan fingerprint density at radius 1 is 1.44 bits per heavy atom. The molecule has 1 saturated heterocycles. The first-order chi connectivity index (χ1) is 8.74. The second-order valence-corrected chi connectivity index (χ2v) is 6.32. The molecule has 2 atom stereocenters. The van der Waals surface area contributed by atoms with E-state index >= 15 is 0 Å². The van der Waals surface area contributed by atoms with Gasteiger partial charge in [-0.25, -0.2) is 0 Å². The van der Waals surface area contributed by atoms with Crippen LogP contribution in [0.15, 0.2) is 11.4 Å². The van der Waals surface area contributed by atoms with E-state index in [-0.39, 0.29) is 0 Å². The highest BCUT2D eigenvalue weighted by Crippen LogP contribution is 2.24. The third-order valence-electron chi connectivity index (χ3n) is 4.07. The number of likely N-dealkylation sites (tertiary alicyclic amines) is 1. The van der Waals surface area contributed by atoms with Crippen molar-refractivity contribution in [2.24, 2.45) is 0 Å². The Bertz CT molecular complexity index is 361. The van der Waals surface area contributed by atoms with Crippen molar-refractivity contribution < 1.29 is 0 Å². The van der Waals surface area contributed by atoms with Crippen LogP contribution in [0, 0.1) is 0 Å². The predicted octanol–water partition coefficient (Wildman–Crippen LogP) is 3.27. The fourth-order valence-corrected chi connectivity index (χ4v) is 3.94. The van der Waals surface area contributed by atoms with Gasteiger partial charge in [0.1, 0.15) is 0 Å². The van der Waals surface area contributed by atoms with Gasteiger partial charge in [0.05, 0.1) is 0 Å². The Balaban J connectivity index is 1.91. The summed E-state index contributed by atoms with van der Waals surface area (Å²) in [6, 6.07) is 3.72. The van der Waals surface area contributed by atoms with E-state index in [1.807, 2.05) is 11.3 Å². The summed E-state index contributed by atoms with van der Waals surface area (Å²) in [4.78, 5) is 4.23. The number of nitrogens with zero attached hydrogens (tertiary/aromatic N) is 1. The third-order valence-corrected chi connectivity index (χ3v) is 5.02. The normalized spacial score (nSPS) is 25.5. The summed E-state index contributed by atoms with van der Waals surface area (Å²) in [5.41, 5.74) is 1.54. The van der Waals surface area contributed by atoms with Gasteiger partial charge < -0.3 is 5.32 Å². The Kier molecular flexibility index (Phi) is 5.22. The fourth-order valence-electron chi connectivity index (χ4n) is 2.93. The molecule has 2 nitrogen and oxygen atoms in total. The molecule has 1 fully saturated rings. The van der Waals surface area contributed by atoms with Gasteiger partial charge in [0, 0.05) is 30.1 Å². The molecule has 1 aromatic heterocycles. The Morgan fingerprint density at radius 3 is 2.94 bits per heavy atom. The van der Waals surface area contributed by atoms with Crippen molar-refractivity contribution in [1.82, 2.24) is 10.2 Å². The van der Waals surface area contributed by atoms with E-state index in [9.17, 15) is 0 Å². The van der Waals surface area contributed by atoms with E-state index in [0.29, 0.717) is 6.04 Å². The number of rotatable bonds is 5. The predicted molar refractivity (Wildman–Crippen MR) is 80.3 cm³/mol. The summed E-state index contributed by atoms with van der Waals surface area (Å²) in [7, 11) is 0. The standard InChI is InChI=1S/C15H26N2S/c1-4-13-7-9-18-15(13)11-17-8-6-14(16-5-2)10-12(17)3/h7,9,12,14,16H,4-6,8,10-11H2,1-3H3. The maximum Gasteiger partial charge on any atom is 0.0333 e. The molecule has 1 N–H and O–H groups in total. The van der Waals surface area contributed by atoms with E-state index in [0.717, 1.165) is 19.1 Å². The van der Waals surface area contributed by atoms with Crippen LogP contribution in [0.1, 0.15) is 44.1 Å². The van der Waals surface area contributed by atoms with E-state index in [1.54, 1.807) is 10.4 Å². The fraction of sp³-hybridized carbons (Fsp3) is 0.733. The summed E-state index contributed by atoms with van der Waals surface area (Å²) >= 11 is 1.92. The molecule has 0 amide bonds. The smallest absolute Gasteiger partial charge is 0.0333 e. The van der Waals surface area contributed by atoms with Crippen molar-refractivity contribution in [3.05, 3.63) is 21.9 Å². The van der Waals surface area contributed by atoms with Gasteiger partial charge in [-0.15, -0.1) is 11.3 Å². The van der Waals surface area contributed by atoms with Crippen LogP contribution >= 0.6 is 11.3 Å². The number of piperidine rings is 1. The van der Waals surface area contributed by atoms with Crippen molar-refractivity contribution in [2.45, 2.75) is 58.7 Å². The van der Waals surface area contributed by atoms with Crippen molar-refractivity contribution in [3.63, 3.8) is 0 Å². The summed E-state index contributed by atoms with van der Waals surface area (Å²) in [5, 5.41) is 5.83. The molecule has 2 heterocycles. The lowest BCUT2D eigenvalue weighted by Gasteiger charge is -2.38. The van der Waals surface area contributed by atoms with Gasteiger partial charge in [0.25, 0.3) is 0 Å². The van der Waals surface area contributed by atoms with Gasteiger partial charge >= 0.3 is 0 Å². The molecule has 0 aliphatic carbocycles. The monoisotopic (exact) mass is 266 g/mol. The highest BCUT2D eigenvalue weighted by Gasteiger charge is 2.25. The first-order valence-electron chi connectivity index (χ1n) is 7.27. The Hall–Kier alpha value is -0.380. The number of hydrogen-bond acceptors (Lipinski definition) is 3. The molecule has 0 aromatic carbocycles. The number of hydrogen-bond donors (Lipinski definition) is 1. The molecule has 18 heavy (non-hydrogen) atoms. The second-order valence-electron chi connectivity index (χ2n) is 5.32. The number of aryl methyl sites for hydroxylation is 1. The van der Waals surface area contributed by atoms with Crippen LogP contribution in [-0.4, -0.2) is 30.1 Å². The zero-order valence-electron chi connectivity index (χ0n) is 11.9. The van der Waals surface area contributed by atoms with Crippen LogP contribution in [-0.2, 0) is 13.0 Å². The minimum atomic E-state index is 0.703. The number of nitrogens with one attached hydrogen (secondary N) is 1. The lowest BCUT2D eigenvalue weighted by Crippen LogP contribution is -2.46. The first kappa shape index (κ1) is 14.0. The zero-order chi connectivity index (χ0) is 13.0. The summed E-state index contributed by atoms with van der Waals surface area (Å²) in [6.45, 7) is 10.3. The van der Waals surface area contributed by atoms with Gasteiger partial charge in [-0.3, -0.25) is 4.90 Å². The SMILES string of the molecule is CCNC1CCN(Cc2sccc2CC)C(C)C1. The van der Waals surface area contributed by atoms with E-state index in [4.69, 9.17) is 0 Å². The molecule has 3 heteroatoms. The summed E-state index contributed by atoms with van der Waals surface area (Å²) in [6.07, 6.45) is 3.76. The Labute approximate surface area is 115 Å². The molecule has 0 bridgehead atoms. The topological polar surface area (TPSA) is 15.3 Å². The van der Waals surface area contributed by atoms with Crippen LogP contribution in [0.4, 0.5) is 0 Å². The number of thiophene rings is 1. The minimum absolute atomic E-state index is 0.703. The average Bonchev–Trinajstić information content (AvgIpc) is 2.80. The van der Waals surface area contributed by atoms with Crippen LogP contribution in [0.3, 0.4) is 0 Å². The molecule has 0 saturated carbocycles. The van der Waals surface area contributed by atoms with Crippen LogP contribution in [0.25, 0.3) is 0 Å². The average molecular weight is 266 g/mol. The molecule has 1 aliphatic heterocycles. The van der Waals surface area contributed by atoms with Crippen molar-refractivity contribution in [3.8, 4) is 0 Å². The second kappa shape index (κ2) is 6.69. The van der Waals surface area contributed by atoms with Gasteiger partial charge in [-0.05, 0) is 49.7 Å². The van der Waals surface area contributed by atoms with Crippen molar-refractivity contribution in [1.29, 1.82) is 0 Å². The van der Waals surface area contributed by atoms with Gasteiger partial charge in [-0.1, -0.05) is 13.8 Å². The molecule has 2 rings (SSSR count). The molecule has 102 valence electrons. The van der Waals surface area contributed by atoms with Gasteiger partial charge in [-0.2, -0.15) is 0 Å². The lowest BCUT2D eigenvalue weighted by molar-refractivity contribution is 0.130. The molecule has 0 spiro atoms. The molecule has 1 aliphatic rings. The van der Waals surface area contributed by atoms with Crippen molar-refractivity contribution in [2.75, 3.05) is 13.1 Å². The minimum Gasteiger partial charge on any atom is -0.314 e. The molecule has 1 aromatic rings. The summed E-state index contributed by atoms with van der Waals surface area (Å²) in [5.74, 6) is 0. The van der Waals surface area contributed by atoms with E-state index < -0.39 is 0 Å². The Morgan fingerprint density at radius 2 is 2.28 bits per heavy atom. The van der Waals surface area contributed by atoms with Gasteiger partial charge in [0.15, 0.2) is 0 Å². The molecule has 2 unspecified atom stereocenters. The van der Waals surface area contributed by atoms with Gasteiger partial charge in [0.2, 0.25) is 0 Å². The zero-order valence-corrected chi connectivity index (χ0v) is 12.7. The highest BCUT2D eigenvalue weighted by atomic mass is 32.1. The van der Waals surface area contributed by atoms with E-state index in [1.165, 1.54) is 25.8 Å². The largest absolute Gasteiger partial charge is 0.314 e. The molecule has 0 radical (unpaired) electrons. The van der Waals surface area contributed by atoms with Crippen LogP contribution in [0.5, 0.6) is 0 Å². The maximum atomic E-state index is 3.59. The highest BCUT2D eigenvalue weighted by molar-refractivity contribution is 7.10. The first-order valence-corrected chi connectivity index (χ1v) is 8.15.